The number of anilines is 1. The van der Waals surface area contributed by atoms with E-state index in [4.69, 9.17) is 16.3 Å². The molecule has 1 fully saturated rings. The summed E-state index contributed by atoms with van der Waals surface area (Å²) < 4.78 is 6.83. The molecule has 1 aliphatic rings. The number of nitrogens with zero attached hydrogens (tertiary/aromatic N) is 3. The zero-order valence-corrected chi connectivity index (χ0v) is 20.8. The third-order valence-corrected chi connectivity index (χ3v) is 6.51. The molecule has 172 valence electrons. The molecular formula is C27H23BrClN3O2. The summed E-state index contributed by atoms with van der Waals surface area (Å²) in [6, 6.07) is 25.2. The lowest BCUT2D eigenvalue weighted by Gasteiger charge is -2.36. The van der Waals surface area contributed by atoms with E-state index in [0.717, 1.165) is 28.8 Å². The molecule has 3 aromatic rings. The maximum atomic E-state index is 13.1. The van der Waals surface area contributed by atoms with Gasteiger partial charge in [-0.1, -0.05) is 63.9 Å². The first-order valence-corrected chi connectivity index (χ1v) is 12.1. The molecule has 7 heteroatoms. The molecule has 0 spiro atoms. The number of para-hydroxylation sites is 1. The molecule has 0 aliphatic carbocycles. The highest BCUT2D eigenvalue weighted by molar-refractivity contribution is 9.10. The summed E-state index contributed by atoms with van der Waals surface area (Å²) >= 11 is 9.71. The molecule has 34 heavy (non-hydrogen) atoms. The number of carbonyl (C=O) groups excluding carboxylic acids is 1. The Hall–Kier alpha value is -3.27. The van der Waals surface area contributed by atoms with Gasteiger partial charge in [-0.2, -0.15) is 5.26 Å². The highest BCUT2D eigenvalue weighted by Crippen LogP contribution is 2.28. The Morgan fingerprint density at radius 3 is 2.44 bits per heavy atom. The largest absolute Gasteiger partial charge is 0.488 e. The summed E-state index contributed by atoms with van der Waals surface area (Å²) in [7, 11) is 0. The molecule has 0 bridgehead atoms. The van der Waals surface area contributed by atoms with Gasteiger partial charge < -0.3 is 14.5 Å². The molecule has 1 amide bonds. The van der Waals surface area contributed by atoms with E-state index in [1.165, 1.54) is 0 Å². The highest BCUT2D eigenvalue weighted by atomic mass is 79.9. The lowest BCUT2D eigenvalue weighted by atomic mass is 10.1. The van der Waals surface area contributed by atoms with Crippen molar-refractivity contribution in [2.24, 2.45) is 0 Å². The summed E-state index contributed by atoms with van der Waals surface area (Å²) in [5.41, 5.74) is 2.72. The van der Waals surface area contributed by atoms with Crippen LogP contribution in [-0.2, 0) is 11.4 Å². The van der Waals surface area contributed by atoms with Crippen LogP contribution >= 0.6 is 27.5 Å². The molecular weight excluding hydrogens is 514 g/mol. The number of benzene rings is 3. The van der Waals surface area contributed by atoms with E-state index in [1.54, 1.807) is 11.0 Å². The highest BCUT2D eigenvalue weighted by Gasteiger charge is 2.24. The van der Waals surface area contributed by atoms with Crippen molar-refractivity contribution in [1.29, 1.82) is 5.26 Å². The smallest absolute Gasteiger partial charge is 0.264 e. The molecule has 1 saturated heterocycles. The fraction of sp³-hybridized carbons (Fsp3) is 0.185. The van der Waals surface area contributed by atoms with Crippen LogP contribution in [-0.4, -0.2) is 37.0 Å². The lowest BCUT2D eigenvalue weighted by molar-refractivity contribution is -0.126. The van der Waals surface area contributed by atoms with Gasteiger partial charge in [0.05, 0.1) is 0 Å². The second kappa shape index (κ2) is 11.2. The maximum absolute atomic E-state index is 13.1. The number of hydrogen-bond acceptors (Lipinski definition) is 4. The van der Waals surface area contributed by atoms with Gasteiger partial charge in [-0.05, 0) is 42.5 Å². The van der Waals surface area contributed by atoms with Gasteiger partial charge in [0.2, 0.25) is 0 Å². The van der Waals surface area contributed by atoms with E-state index >= 15 is 0 Å². The van der Waals surface area contributed by atoms with Crippen LogP contribution in [0.15, 0.2) is 82.8 Å². The molecule has 0 unspecified atom stereocenters. The van der Waals surface area contributed by atoms with E-state index in [-0.39, 0.29) is 18.1 Å². The number of nitriles is 1. The zero-order chi connectivity index (χ0) is 23.9. The molecule has 5 nitrogen and oxygen atoms in total. The predicted octanol–water partition coefficient (Wildman–Crippen LogP) is 5.94. The van der Waals surface area contributed by atoms with Crippen molar-refractivity contribution in [2.75, 3.05) is 31.1 Å². The summed E-state index contributed by atoms with van der Waals surface area (Å²) in [6.07, 6.45) is 1.60. The summed E-state index contributed by atoms with van der Waals surface area (Å²) in [4.78, 5) is 17.1. The zero-order valence-electron chi connectivity index (χ0n) is 18.5. The van der Waals surface area contributed by atoms with Crippen LogP contribution in [0.25, 0.3) is 6.08 Å². The Bertz CT molecular complexity index is 1230. The first-order chi connectivity index (χ1) is 16.5. The molecule has 1 aliphatic heterocycles. The maximum Gasteiger partial charge on any atom is 0.264 e. The molecule has 4 rings (SSSR count). The van der Waals surface area contributed by atoms with Crippen LogP contribution < -0.4 is 9.64 Å². The molecule has 0 aromatic heterocycles. The Balaban J connectivity index is 1.48. The molecule has 1 heterocycles. The standard InChI is InChI=1S/C27H23BrClN3O2/c28-23-10-11-26(34-19-20-6-4-5-9-25(20)29)21(17-23)16-22(18-30)27(33)32-14-12-31(13-15-32)24-7-2-1-3-8-24/h1-11,16-17H,12-15,19H2/b22-16-. The van der Waals surface area contributed by atoms with Crippen LogP contribution in [0.1, 0.15) is 11.1 Å². The lowest BCUT2D eigenvalue weighted by Crippen LogP contribution is -2.49. The number of halogens is 2. The summed E-state index contributed by atoms with van der Waals surface area (Å²) in [5.74, 6) is 0.296. The minimum absolute atomic E-state index is 0.0776. The Labute approximate surface area is 212 Å². The van der Waals surface area contributed by atoms with Crippen LogP contribution in [0.3, 0.4) is 0 Å². The Kier molecular flexibility index (Phi) is 7.89. The van der Waals surface area contributed by atoms with Crippen molar-refractivity contribution >= 4 is 45.2 Å². The van der Waals surface area contributed by atoms with Crippen molar-refractivity contribution in [1.82, 2.24) is 4.90 Å². The average molecular weight is 537 g/mol. The molecule has 0 saturated carbocycles. The topological polar surface area (TPSA) is 56.6 Å². The Morgan fingerprint density at radius 1 is 1.03 bits per heavy atom. The van der Waals surface area contributed by atoms with Crippen molar-refractivity contribution in [3.05, 3.63) is 99.0 Å². The normalized spacial score (nSPS) is 14.0. The number of ether oxygens (including phenoxy) is 1. The molecule has 3 aromatic carbocycles. The van der Waals surface area contributed by atoms with Crippen LogP contribution in [0.5, 0.6) is 5.75 Å². The fourth-order valence-corrected chi connectivity index (χ4v) is 4.38. The molecule has 0 atom stereocenters. The van der Waals surface area contributed by atoms with Gasteiger partial charge in [0.1, 0.15) is 24.0 Å². The van der Waals surface area contributed by atoms with Gasteiger partial charge in [0.15, 0.2) is 0 Å². The van der Waals surface area contributed by atoms with Gasteiger partial charge in [0, 0.05) is 52.5 Å². The minimum atomic E-state index is -0.271. The van der Waals surface area contributed by atoms with Crippen molar-refractivity contribution in [2.45, 2.75) is 6.61 Å². The number of amides is 1. The van der Waals surface area contributed by atoms with Crippen LogP contribution in [0, 0.1) is 11.3 Å². The monoisotopic (exact) mass is 535 g/mol. The van der Waals surface area contributed by atoms with Gasteiger partial charge >= 0.3 is 0 Å². The first-order valence-electron chi connectivity index (χ1n) is 10.9. The predicted molar refractivity (Wildman–Crippen MR) is 139 cm³/mol. The number of hydrogen-bond donors (Lipinski definition) is 0. The minimum Gasteiger partial charge on any atom is -0.488 e. The first kappa shape index (κ1) is 23.9. The van der Waals surface area contributed by atoms with E-state index in [0.29, 0.717) is 29.4 Å². The quantitative estimate of drug-likeness (QED) is 0.289. The SMILES string of the molecule is N#C/C(=C/c1cc(Br)ccc1OCc1ccccc1Cl)C(=O)N1CCN(c2ccccc2)CC1. The number of rotatable bonds is 6. The van der Waals surface area contributed by atoms with Crippen molar-refractivity contribution in [3.8, 4) is 11.8 Å². The van der Waals surface area contributed by atoms with Crippen LogP contribution in [0.4, 0.5) is 5.69 Å². The number of carbonyl (C=O) groups is 1. The van der Waals surface area contributed by atoms with Gasteiger partial charge in [-0.25, -0.2) is 0 Å². The Morgan fingerprint density at radius 2 is 1.74 bits per heavy atom. The van der Waals surface area contributed by atoms with E-state index in [1.807, 2.05) is 60.7 Å². The third-order valence-electron chi connectivity index (χ3n) is 5.65. The second-order valence-electron chi connectivity index (χ2n) is 7.85. The summed E-state index contributed by atoms with van der Waals surface area (Å²) in [6.45, 7) is 2.83. The van der Waals surface area contributed by atoms with Gasteiger partial charge in [-0.3, -0.25) is 4.79 Å². The van der Waals surface area contributed by atoms with Gasteiger partial charge in [0.25, 0.3) is 5.91 Å². The van der Waals surface area contributed by atoms with E-state index in [2.05, 4.69) is 39.0 Å². The third kappa shape index (κ3) is 5.80. The van der Waals surface area contributed by atoms with Gasteiger partial charge in [-0.15, -0.1) is 0 Å². The van der Waals surface area contributed by atoms with Crippen LogP contribution in [0.2, 0.25) is 5.02 Å². The van der Waals surface area contributed by atoms with Crippen molar-refractivity contribution in [3.63, 3.8) is 0 Å². The molecule has 0 radical (unpaired) electrons. The van der Waals surface area contributed by atoms with Crippen molar-refractivity contribution < 1.29 is 9.53 Å². The summed E-state index contributed by atoms with van der Waals surface area (Å²) in [5, 5.41) is 10.4. The van der Waals surface area contributed by atoms with E-state index in [9.17, 15) is 10.1 Å². The molecule has 0 N–H and O–H groups in total. The fourth-order valence-electron chi connectivity index (χ4n) is 3.81. The van der Waals surface area contributed by atoms with E-state index < -0.39 is 0 Å². The number of piperazine rings is 1. The second-order valence-corrected chi connectivity index (χ2v) is 9.17. The average Bonchev–Trinajstić information content (AvgIpc) is 2.88.